The SMILES string of the molecule is CCC[C@@H](NC(N)=O)C(=O)Nc1ccc(OC)c(N)c1. The Kier molecular flexibility index (Phi) is 5.64. The van der Waals surface area contributed by atoms with E-state index in [0.29, 0.717) is 23.5 Å². The van der Waals surface area contributed by atoms with Crippen molar-refractivity contribution < 1.29 is 14.3 Å². The summed E-state index contributed by atoms with van der Waals surface area (Å²) in [6.45, 7) is 1.91. The van der Waals surface area contributed by atoms with E-state index in [2.05, 4.69) is 10.6 Å². The zero-order chi connectivity index (χ0) is 15.1. The number of ether oxygens (including phenoxy) is 1. The van der Waals surface area contributed by atoms with Gasteiger partial charge in [-0.15, -0.1) is 0 Å². The van der Waals surface area contributed by atoms with Gasteiger partial charge in [-0.2, -0.15) is 0 Å². The number of nitrogens with two attached hydrogens (primary N) is 2. The Morgan fingerprint density at radius 2 is 2.10 bits per heavy atom. The summed E-state index contributed by atoms with van der Waals surface area (Å²) in [6, 6.07) is 3.51. The maximum atomic E-state index is 12.1. The number of hydrogen-bond donors (Lipinski definition) is 4. The number of hydrogen-bond acceptors (Lipinski definition) is 4. The number of nitrogens with one attached hydrogen (secondary N) is 2. The number of nitrogen functional groups attached to an aromatic ring is 1. The number of rotatable bonds is 6. The molecule has 1 rings (SSSR count). The molecular weight excluding hydrogens is 260 g/mol. The van der Waals surface area contributed by atoms with Crippen molar-refractivity contribution in [2.45, 2.75) is 25.8 Å². The van der Waals surface area contributed by atoms with Crippen molar-refractivity contribution >= 4 is 23.3 Å². The van der Waals surface area contributed by atoms with E-state index in [-0.39, 0.29) is 5.91 Å². The topological polar surface area (TPSA) is 119 Å². The fraction of sp³-hybridized carbons (Fsp3) is 0.385. The molecular formula is C13H20N4O3. The van der Waals surface area contributed by atoms with E-state index in [9.17, 15) is 9.59 Å². The van der Waals surface area contributed by atoms with Crippen LogP contribution in [-0.2, 0) is 4.79 Å². The van der Waals surface area contributed by atoms with Gasteiger partial charge in [-0.05, 0) is 24.6 Å². The van der Waals surface area contributed by atoms with Gasteiger partial charge < -0.3 is 26.8 Å². The lowest BCUT2D eigenvalue weighted by atomic mass is 10.1. The highest BCUT2D eigenvalue weighted by Crippen LogP contribution is 2.24. The van der Waals surface area contributed by atoms with Gasteiger partial charge in [0.05, 0.1) is 12.8 Å². The number of carbonyl (C=O) groups is 2. The molecule has 0 fully saturated rings. The molecule has 110 valence electrons. The van der Waals surface area contributed by atoms with E-state index in [4.69, 9.17) is 16.2 Å². The third-order valence-corrected chi connectivity index (χ3v) is 2.71. The summed E-state index contributed by atoms with van der Waals surface area (Å²) in [5.41, 5.74) is 11.8. The molecule has 0 spiro atoms. The first kappa shape index (κ1) is 15.6. The molecule has 0 aromatic heterocycles. The molecule has 0 aliphatic carbocycles. The molecule has 20 heavy (non-hydrogen) atoms. The quantitative estimate of drug-likeness (QED) is 0.582. The maximum absolute atomic E-state index is 12.1. The smallest absolute Gasteiger partial charge is 0.312 e. The van der Waals surface area contributed by atoms with Crippen LogP contribution in [0.5, 0.6) is 5.75 Å². The number of primary amides is 1. The minimum atomic E-state index is -0.729. The minimum Gasteiger partial charge on any atom is -0.495 e. The van der Waals surface area contributed by atoms with Crippen LogP contribution in [0.25, 0.3) is 0 Å². The molecule has 0 unspecified atom stereocenters. The van der Waals surface area contributed by atoms with Crippen LogP contribution in [0, 0.1) is 0 Å². The van der Waals surface area contributed by atoms with Crippen LogP contribution in [0.2, 0.25) is 0 Å². The lowest BCUT2D eigenvalue weighted by Crippen LogP contribution is -2.46. The summed E-state index contributed by atoms with van der Waals surface area (Å²) in [4.78, 5) is 22.9. The molecule has 0 radical (unpaired) electrons. The molecule has 0 aliphatic heterocycles. The summed E-state index contributed by atoms with van der Waals surface area (Å²) >= 11 is 0. The molecule has 6 N–H and O–H groups in total. The summed E-state index contributed by atoms with van der Waals surface area (Å²) in [5.74, 6) is 0.193. The second kappa shape index (κ2) is 7.22. The van der Waals surface area contributed by atoms with Crippen LogP contribution < -0.4 is 26.8 Å². The Bertz CT molecular complexity index is 491. The van der Waals surface area contributed by atoms with E-state index in [1.165, 1.54) is 7.11 Å². The highest BCUT2D eigenvalue weighted by atomic mass is 16.5. The fourth-order valence-electron chi connectivity index (χ4n) is 1.77. The largest absolute Gasteiger partial charge is 0.495 e. The minimum absolute atomic E-state index is 0.338. The monoisotopic (exact) mass is 280 g/mol. The van der Waals surface area contributed by atoms with Crippen molar-refractivity contribution in [3.05, 3.63) is 18.2 Å². The summed E-state index contributed by atoms with van der Waals surface area (Å²) in [6.07, 6.45) is 1.24. The second-order valence-electron chi connectivity index (χ2n) is 4.30. The number of urea groups is 1. The number of methoxy groups -OCH3 is 1. The van der Waals surface area contributed by atoms with Gasteiger partial charge in [-0.1, -0.05) is 13.3 Å². The Hall–Kier alpha value is -2.44. The molecule has 1 aromatic carbocycles. The van der Waals surface area contributed by atoms with E-state index in [1.807, 2.05) is 6.92 Å². The molecule has 0 aliphatic rings. The normalized spacial score (nSPS) is 11.5. The molecule has 7 nitrogen and oxygen atoms in total. The van der Waals surface area contributed by atoms with Crippen molar-refractivity contribution in [1.82, 2.24) is 5.32 Å². The summed E-state index contributed by atoms with van der Waals surface area (Å²) in [7, 11) is 1.51. The zero-order valence-electron chi connectivity index (χ0n) is 11.6. The van der Waals surface area contributed by atoms with Gasteiger partial charge in [0, 0.05) is 5.69 Å². The van der Waals surface area contributed by atoms with Crippen molar-refractivity contribution in [3.8, 4) is 5.75 Å². The molecule has 0 saturated heterocycles. The van der Waals surface area contributed by atoms with Gasteiger partial charge in [0.25, 0.3) is 0 Å². The fourth-order valence-corrected chi connectivity index (χ4v) is 1.77. The van der Waals surface area contributed by atoms with E-state index >= 15 is 0 Å². The number of anilines is 2. The third kappa shape index (κ3) is 4.34. The molecule has 7 heteroatoms. The van der Waals surface area contributed by atoms with Gasteiger partial charge in [0.1, 0.15) is 11.8 Å². The number of amides is 3. The lowest BCUT2D eigenvalue weighted by molar-refractivity contribution is -0.118. The van der Waals surface area contributed by atoms with Crippen LogP contribution in [-0.4, -0.2) is 25.1 Å². The van der Waals surface area contributed by atoms with Gasteiger partial charge in [0.15, 0.2) is 0 Å². The Morgan fingerprint density at radius 1 is 1.40 bits per heavy atom. The van der Waals surface area contributed by atoms with Gasteiger partial charge in [-0.25, -0.2) is 4.79 Å². The number of benzene rings is 1. The van der Waals surface area contributed by atoms with Crippen LogP contribution in [0.4, 0.5) is 16.2 Å². The van der Waals surface area contributed by atoms with Crippen LogP contribution in [0.1, 0.15) is 19.8 Å². The molecule has 0 bridgehead atoms. The van der Waals surface area contributed by atoms with Crippen molar-refractivity contribution in [1.29, 1.82) is 0 Å². The van der Waals surface area contributed by atoms with E-state index in [1.54, 1.807) is 18.2 Å². The van der Waals surface area contributed by atoms with Crippen molar-refractivity contribution in [2.75, 3.05) is 18.2 Å². The summed E-state index contributed by atoms with van der Waals surface area (Å²) in [5, 5.41) is 5.09. The Morgan fingerprint density at radius 3 is 2.60 bits per heavy atom. The maximum Gasteiger partial charge on any atom is 0.312 e. The predicted octanol–water partition coefficient (Wildman–Crippen LogP) is 1.05. The first-order valence-corrected chi connectivity index (χ1v) is 6.28. The van der Waals surface area contributed by atoms with Crippen LogP contribution in [0.15, 0.2) is 18.2 Å². The van der Waals surface area contributed by atoms with E-state index < -0.39 is 12.1 Å². The Balaban J connectivity index is 2.76. The van der Waals surface area contributed by atoms with Gasteiger partial charge >= 0.3 is 6.03 Å². The Labute approximate surface area is 117 Å². The third-order valence-electron chi connectivity index (χ3n) is 2.71. The standard InChI is InChI=1S/C13H20N4O3/c1-3-4-10(17-13(15)19)12(18)16-8-5-6-11(20-2)9(14)7-8/h5-7,10H,3-4,14H2,1-2H3,(H,16,18)(H3,15,17,19)/t10-/m1/s1. The van der Waals surface area contributed by atoms with Gasteiger partial charge in [0.2, 0.25) is 5.91 Å². The first-order valence-electron chi connectivity index (χ1n) is 6.28. The van der Waals surface area contributed by atoms with Gasteiger partial charge in [-0.3, -0.25) is 4.79 Å². The summed E-state index contributed by atoms with van der Waals surface area (Å²) < 4.78 is 5.03. The highest BCUT2D eigenvalue weighted by molar-refractivity contribution is 5.97. The average molecular weight is 280 g/mol. The van der Waals surface area contributed by atoms with Crippen LogP contribution >= 0.6 is 0 Å². The molecule has 1 atom stereocenters. The molecule has 3 amide bonds. The molecule has 0 heterocycles. The second-order valence-corrected chi connectivity index (χ2v) is 4.30. The van der Waals surface area contributed by atoms with Crippen molar-refractivity contribution in [2.24, 2.45) is 5.73 Å². The van der Waals surface area contributed by atoms with Crippen molar-refractivity contribution in [3.63, 3.8) is 0 Å². The zero-order valence-corrected chi connectivity index (χ0v) is 11.6. The highest BCUT2D eigenvalue weighted by Gasteiger charge is 2.19. The molecule has 1 aromatic rings. The van der Waals surface area contributed by atoms with E-state index in [0.717, 1.165) is 6.42 Å². The lowest BCUT2D eigenvalue weighted by Gasteiger charge is -2.17. The first-order chi connectivity index (χ1) is 9.47. The molecule has 0 saturated carbocycles. The van der Waals surface area contributed by atoms with Crippen LogP contribution in [0.3, 0.4) is 0 Å². The predicted molar refractivity (Wildman–Crippen MR) is 77.5 cm³/mol. The number of carbonyl (C=O) groups excluding carboxylic acids is 2. The average Bonchev–Trinajstić information content (AvgIpc) is 2.38.